The first kappa shape index (κ1) is 30.6. The minimum atomic E-state index is -0.831. The van der Waals surface area contributed by atoms with Gasteiger partial charge >= 0.3 is 5.97 Å². The number of methoxy groups -OCH3 is 2. The summed E-state index contributed by atoms with van der Waals surface area (Å²) >= 11 is 3.42. The number of carbonyl (C=O) groups is 2. The molecular formula is C31H36BrNO8. The van der Waals surface area contributed by atoms with Crippen LogP contribution in [0.1, 0.15) is 56.6 Å². The first-order valence-corrected chi connectivity index (χ1v) is 14.5. The highest BCUT2D eigenvalue weighted by molar-refractivity contribution is 9.10. The number of allylic oxidation sites excluding steroid dienone is 2. The van der Waals surface area contributed by atoms with E-state index in [1.165, 1.54) is 0 Å². The lowest BCUT2D eigenvalue weighted by atomic mass is 9.69. The zero-order chi connectivity index (χ0) is 29.7. The van der Waals surface area contributed by atoms with Crippen LogP contribution in [-0.4, -0.2) is 63.2 Å². The van der Waals surface area contributed by atoms with Gasteiger partial charge in [0.05, 0.1) is 31.9 Å². The molecule has 2 aromatic carbocycles. The summed E-state index contributed by atoms with van der Waals surface area (Å²) in [5.41, 5.74) is 3.27. The van der Waals surface area contributed by atoms with Gasteiger partial charge in [0, 0.05) is 35.9 Å². The SMILES string of the molecule is CCOCCOC(=O)C1C(C)=NC2=C(C(=O)C[C@@H](c3ccc(OC)c(OC)c3)C2)[C@H]1c1cc(Br)c(O)c(OCC)c1. The fourth-order valence-electron chi connectivity index (χ4n) is 5.54. The summed E-state index contributed by atoms with van der Waals surface area (Å²) in [5.74, 6) is -0.803. The molecule has 41 heavy (non-hydrogen) atoms. The van der Waals surface area contributed by atoms with Crippen LogP contribution in [0.2, 0.25) is 0 Å². The van der Waals surface area contributed by atoms with E-state index in [9.17, 15) is 14.7 Å². The molecule has 9 nitrogen and oxygen atoms in total. The number of ketones is 1. The number of Topliss-reactive ketones (excluding diaryl/α,β-unsaturated/α-hetero) is 1. The number of aromatic hydroxyl groups is 1. The fraction of sp³-hybridized carbons (Fsp3) is 0.452. The smallest absolute Gasteiger partial charge is 0.315 e. The van der Waals surface area contributed by atoms with Crippen LogP contribution in [0, 0.1) is 5.92 Å². The molecule has 0 radical (unpaired) electrons. The number of halogens is 1. The van der Waals surface area contributed by atoms with Gasteiger partial charge in [-0.25, -0.2) is 0 Å². The van der Waals surface area contributed by atoms with E-state index in [-0.39, 0.29) is 42.8 Å². The number of ether oxygens (including phenoxy) is 5. The maximum atomic E-state index is 14.0. The van der Waals surface area contributed by atoms with Gasteiger partial charge in [0.2, 0.25) is 0 Å². The summed E-state index contributed by atoms with van der Waals surface area (Å²) in [6, 6.07) is 9.07. The molecule has 0 bridgehead atoms. The van der Waals surface area contributed by atoms with Gasteiger partial charge in [-0.15, -0.1) is 0 Å². The molecular weight excluding hydrogens is 594 g/mol. The number of hydrogen-bond donors (Lipinski definition) is 1. The molecule has 0 amide bonds. The Kier molecular flexibility index (Phi) is 10.1. The van der Waals surface area contributed by atoms with Gasteiger partial charge < -0.3 is 28.8 Å². The Morgan fingerprint density at radius 3 is 2.41 bits per heavy atom. The van der Waals surface area contributed by atoms with Crippen LogP contribution in [0.25, 0.3) is 0 Å². The van der Waals surface area contributed by atoms with Gasteiger partial charge in [0.15, 0.2) is 28.8 Å². The van der Waals surface area contributed by atoms with Crippen LogP contribution < -0.4 is 14.2 Å². The maximum absolute atomic E-state index is 14.0. The van der Waals surface area contributed by atoms with Crippen LogP contribution in [0.15, 0.2) is 51.1 Å². The Balaban J connectivity index is 1.78. The van der Waals surface area contributed by atoms with Crippen molar-refractivity contribution in [2.45, 2.75) is 45.4 Å². The van der Waals surface area contributed by atoms with E-state index >= 15 is 0 Å². The summed E-state index contributed by atoms with van der Waals surface area (Å²) < 4.78 is 27.9. The second-order valence-corrected chi connectivity index (χ2v) is 10.7. The third-order valence-corrected chi connectivity index (χ3v) is 8.01. The van der Waals surface area contributed by atoms with E-state index < -0.39 is 17.8 Å². The van der Waals surface area contributed by atoms with Crippen molar-refractivity contribution >= 4 is 33.4 Å². The Hall–Kier alpha value is -3.37. The third-order valence-electron chi connectivity index (χ3n) is 7.41. The highest BCUT2D eigenvalue weighted by atomic mass is 79.9. The zero-order valence-corrected chi connectivity index (χ0v) is 25.6. The van der Waals surface area contributed by atoms with Crippen molar-refractivity contribution in [2.75, 3.05) is 40.6 Å². The standard InChI is InChI=1S/C31H36BrNO8/c1-6-39-10-11-41-31(36)27-17(3)33-22-13-19(18-8-9-24(37-4)25(15-18)38-5)14-23(34)29(22)28(27)20-12-21(32)30(35)26(16-20)40-7-2/h8-9,12,15-16,19,27-28,35H,6-7,10-11,13-14H2,1-5H3/t19-,27?,28-/m0/s1. The van der Waals surface area contributed by atoms with Crippen molar-refractivity contribution in [1.82, 2.24) is 0 Å². The van der Waals surface area contributed by atoms with Crippen molar-refractivity contribution in [3.63, 3.8) is 0 Å². The molecule has 1 aliphatic carbocycles. The van der Waals surface area contributed by atoms with Gasteiger partial charge in [-0.05, 0) is 84.4 Å². The fourth-order valence-corrected chi connectivity index (χ4v) is 6.00. The minimum absolute atomic E-state index is 0.0506. The summed E-state index contributed by atoms with van der Waals surface area (Å²) in [4.78, 5) is 32.3. The second-order valence-electron chi connectivity index (χ2n) is 9.86. The van der Waals surface area contributed by atoms with E-state index in [4.69, 9.17) is 28.7 Å². The van der Waals surface area contributed by atoms with Crippen LogP contribution in [-0.2, 0) is 19.1 Å². The summed E-state index contributed by atoms with van der Waals surface area (Å²) in [5, 5.41) is 10.6. The first-order chi connectivity index (χ1) is 19.7. The predicted octanol–water partition coefficient (Wildman–Crippen LogP) is 5.73. The van der Waals surface area contributed by atoms with Crippen LogP contribution in [0.3, 0.4) is 0 Å². The van der Waals surface area contributed by atoms with E-state index in [1.54, 1.807) is 33.3 Å². The largest absolute Gasteiger partial charge is 0.503 e. The van der Waals surface area contributed by atoms with Gasteiger partial charge in [-0.2, -0.15) is 0 Å². The van der Waals surface area contributed by atoms with Crippen LogP contribution >= 0.6 is 15.9 Å². The van der Waals surface area contributed by atoms with E-state index in [0.29, 0.717) is 58.2 Å². The van der Waals surface area contributed by atoms with E-state index in [1.807, 2.05) is 32.0 Å². The average Bonchev–Trinajstić information content (AvgIpc) is 2.96. The zero-order valence-electron chi connectivity index (χ0n) is 24.0. The lowest BCUT2D eigenvalue weighted by Crippen LogP contribution is -2.38. The Bertz CT molecular complexity index is 1370. The number of nitrogens with zero attached hydrogens (tertiary/aromatic N) is 1. The number of benzene rings is 2. The lowest BCUT2D eigenvalue weighted by Gasteiger charge is -2.36. The van der Waals surface area contributed by atoms with Crippen molar-refractivity contribution in [3.8, 4) is 23.0 Å². The molecule has 0 saturated heterocycles. The molecule has 1 heterocycles. The van der Waals surface area contributed by atoms with E-state index in [0.717, 1.165) is 5.56 Å². The molecule has 0 aromatic heterocycles. The van der Waals surface area contributed by atoms with E-state index in [2.05, 4.69) is 15.9 Å². The molecule has 4 rings (SSSR count). The highest BCUT2D eigenvalue weighted by Gasteiger charge is 2.45. The van der Waals surface area contributed by atoms with Gasteiger partial charge in [-0.1, -0.05) is 6.07 Å². The number of phenolic OH excluding ortho intramolecular Hbond substituents is 1. The van der Waals surface area contributed by atoms with Crippen molar-refractivity contribution < 1.29 is 38.4 Å². The molecule has 3 atom stereocenters. The third kappa shape index (κ3) is 6.43. The minimum Gasteiger partial charge on any atom is -0.503 e. The monoisotopic (exact) mass is 629 g/mol. The van der Waals surface area contributed by atoms with Crippen LogP contribution in [0.5, 0.6) is 23.0 Å². The van der Waals surface area contributed by atoms with Gasteiger partial charge in [0.1, 0.15) is 12.5 Å². The molecule has 1 N–H and O–H groups in total. The average molecular weight is 631 g/mol. The van der Waals surface area contributed by atoms with Crippen molar-refractivity contribution in [2.24, 2.45) is 10.9 Å². The summed E-state index contributed by atoms with van der Waals surface area (Å²) in [6.07, 6.45) is 0.747. The van der Waals surface area contributed by atoms with Crippen LogP contribution in [0.4, 0.5) is 0 Å². The maximum Gasteiger partial charge on any atom is 0.315 e. The molecule has 0 spiro atoms. The number of phenols is 1. The molecule has 1 unspecified atom stereocenters. The highest BCUT2D eigenvalue weighted by Crippen LogP contribution is 2.49. The Morgan fingerprint density at radius 2 is 1.73 bits per heavy atom. The number of rotatable bonds is 11. The lowest BCUT2D eigenvalue weighted by molar-refractivity contribution is -0.148. The van der Waals surface area contributed by atoms with Crippen molar-refractivity contribution in [3.05, 3.63) is 57.2 Å². The van der Waals surface area contributed by atoms with Gasteiger partial charge in [-0.3, -0.25) is 14.6 Å². The normalized spacial score (nSPS) is 20.3. The Labute approximate surface area is 248 Å². The Morgan fingerprint density at radius 1 is 1.00 bits per heavy atom. The number of esters is 1. The van der Waals surface area contributed by atoms with Crippen molar-refractivity contribution in [1.29, 1.82) is 0 Å². The quantitative estimate of drug-likeness (QED) is 0.248. The predicted molar refractivity (Wildman–Crippen MR) is 157 cm³/mol. The second kappa shape index (κ2) is 13.5. The molecule has 1 aliphatic heterocycles. The molecule has 2 aliphatic rings. The molecule has 0 fully saturated rings. The molecule has 10 heteroatoms. The molecule has 2 aromatic rings. The first-order valence-electron chi connectivity index (χ1n) is 13.7. The summed E-state index contributed by atoms with van der Waals surface area (Å²) in [6.45, 7) is 6.68. The molecule has 220 valence electrons. The molecule has 0 saturated carbocycles. The number of aliphatic imine (C=N–C) groups is 1. The number of carbonyl (C=O) groups excluding carboxylic acids is 2. The summed E-state index contributed by atoms with van der Waals surface area (Å²) in [7, 11) is 3.16. The topological polar surface area (TPSA) is 113 Å². The number of hydrogen-bond acceptors (Lipinski definition) is 9. The van der Waals surface area contributed by atoms with Gasteiger partial charge in [0.25, 0.3) is 0 Å².